The first-order chi connectivity index (χ1) is 12.2. The van der Waals surface area contributed by atoms with Gasteiger partial charge in [0, 0.05) is 32.2 Å². The maximum Gasteiger partial charge on any atom is 0.261 e. The third-order valence-corrected chi connectivity index (χ3v) is 4.60. The Labute approximate surface area is 145 Å². The summed E-state index contributed by atoms with van der Waals surface area (Å²) in [5.41, 5.74) is 0.955. The molecule has 128 valence electrons. The molecule has 2 aliphatic heterocycles. The maximum absolute atomic E-state index is 12.3. The summed E-state index contributed by atoms with van der Waals surface area (Å²) in [5, 5.41) is 3.18. The van der Waals surface area contributed by atoms with Gasteiger partial charge in [0.1, 0.15) is 18.0 Å². The second-order valence-electron chi connectivity index (χ2n) is 6.19. The number of nitrogens with zero attached hydrogens (tertiary/aromatic N) is 4. The predicted octanol–water partition coefficient (Wildman–Crippen LogP) is 1.78. The Morgan fingerprint density at radius 2 is 1.68 bits per heavy atom. The minimum Gasteiger partial charge on any atom is -0.368 e. The number of rotatable bonds is 5. The molecular weight excluding hydrogens is 318 g/mol. The molecule has 4 rings (SSSR count). The highest BCUT2D eigenvalue weighted by Gasteiger charge is 2.34. The molecule has 1 aromatic heterocycles. The molecule has 0 bridgehead atoms. The lowest BCUT2D eigenvalue weighted by Gasteiger charge is -2.17. The van der Waals surface area contributed by atoms with Crippen LogP contribution in [0.2, 0.25) is 0 Å². The van der Waals surface area contributed by atoms with Gasteiger partial charge in [0.15, 0.2) is 0 Å². The molecule has 1 fully saturated rings. The third kappa shape index (κ3) is 2.93. The fraction of sp³-hybridized carbons (Fsp3) is 0.333. The van der Waals surface area contributed by atoms with Gasteiger partial charge in [0.2, 0.25) is 0 Å². The predicted molar refractivity (Wildman–Crippen MR) is 93.8 cm³/mol. The fourth-order valence-corrected chi connectivity index (χ4v) is 3.30. The van der Waals surface area contributed by atoms with E-state index in [1.54, 1.807) is 24.3 Å². The summed E-state index contributed by atoms with van der Waals surface area (Å²) in [4.78, 5) is 36.7. The van der Waals surface area contributed by atoms with Crippen molar-refractivity contribution >= 4 is 23.5 Å². The number of imide groups is 1. The third-order valence-electron chi connectivity index (χ3n) is 4.60. The van der Waals surface area contributed by atoms with Crippen molar-refractivity contribution in [1.29, 1.82) is 0 Å². The smallest absolute Gasteiger partial charge is 0.261 e. The van der Waals surface area contributed by atoms with Crippen LogP contribution in [0.3, 0.4) is 0 Å². The zero-order valence-electron chi connectivity index (χ0n) is 13.8. The molecule has 2 aromatic rings. The average molecular weight is 337 g/mol. The monoisotopic (exact) mass is 337 g/mol. The van der Waals surface area contributed by atoms with E-state index in [1.807, 2.05) is 6.07 Å². The molecule has 1 N–H and O–H groups in total. The van der Waals surface area contributed by atoms with E-state index in [4.69, 9.17) is 0 Å². The molecule has 0 atom stereocenters. The van der Waals surface area contributed by atoms with Crippen molar-refractivity contribution in [2.45, 2.75) is 12.8 Å². The van der Waals surface area contributed by atoms with Gasteiger partial charge in [0.05, 0.1) is 11.1 Å². The van der Waals surface area contributed by atoms with Crippen LogP contribution < -0.4 is 10.2 Å². The van der Waals surface area contributed by atoms with E-state index in [2.05, 4.69) is 20.2 Å². The van der Waals surface area contributed by atoms with E-state index in [-0.39, 0.29) is 11.8 Å². The normalized spacial score (nSPS) is 16.5. The molecule has 3 heterocycles. The molecule has 0 radical (unpaired) electrons. The summed E-state index contributed by atoms with van der Waals surface area (Å²) in [7, 11) is 0. The highest BCUT2D eigenvalue weighted by atomic mass is 16.2. The van der Waals surface area contributed by atoms with Gasteiger partial charge in [-0.2, -0.15) is 0 Å². The van der Waals surface area contributed by atoms with Crippen LogP contribution in [0.5, 0.6) is 0 Å². The second-order valence-corrected chi connectivity index (χ2v) is 6.19. The SMILES string of the molecule is O=C1c2ccccc2C(=O)N1CCNc1cc(N2CCCC2)ncn1. The van der Waals surface area contributed by atoms with E-state index in [0.29, 0.717) is 30.0 Å². The molecular formula is C18H19N5O2. The van der Waals surface area contributed by atoms with Crippen LogP contribution in [-0.4, -0.2) is 52.9 Å². The van der Waals surface area contributed by atoms with Crippen molar-refractivity contribution < 1.29 is 9.59 Å². The first-order valence-electron chi connectivity index (χ1n) is 8.50. The van der Waals surface area contributed by atoms with Gasteiger partial charge in [-0.15, -0.1) is 0 Å². The summed E-state index contributed by atoms with van der Waals surface area (Å²) in [6.07, 6.45) is 3.91. The summed E-state index contributed by atoms with van der Waals surface area (Å²) in [6.45, 7) is 2.79. The van der Waals surface area contributed by atoms with Gasteiger partial charge in [-0.25, -0.2) is 9.97 Å². The molecule has 1 saturated heterocycles. The van der Waals surface area contributed by atoms with Gasteiger partial charge >= 0.3 is 0 Å². The highest BCUT2D eigenvalue weighted by Crippen LogP contribution is 2.22. The van der Waals surface area contributed by atoms with Gasteiger partial charge in [-0.3, -0.25) is 14.5 Å². The van der Waals surface area contributed by atoms with Crippen molar-refractivity contribution in [1.82, 2.24) is 14.9 Å². The highest BCUT2D eigenvalue weighted by molar-refractivity contribution is 6.21. The largest absolute Gasteiger partial charge is 0.368 e. The number of anilines is 2. The van der Waals surface area contributed by atoms with E-state index >= 15 is 0 Å². The van der Waals surface area contributed by atoms with Gasteiger partial charge < -0.3 is 10.2 Å². The lowest BCUT2D eigenvalue weighted by molar-refractivity contribution is 0.0660. The van der Waals surface area contributed by atoms with Gasteiger partial charge in [-0.05, 0) is 25.0 Å². The van der Waals surface area contributed by atoms with Crippen molar-refractivity contribution in [2.75, 3.05) is 36.4 Å². The number of fused-ring (bicyclic) bond motifs is 1. The Hall–Kier alpha value is -2.96. The number of hydrogen-bond acceptors (Lipinski definition) is 6. The van der Waals surface area contributed by atoms with E-state index in [0.717, 1.165) is 18.9 Å². The Morgan fingerprint density at radius 1 is 1.00 bits per heavy atom. The molecule has 0 aliphatic carbocycles. The number of carbonyl (C=O) groups is 2. The molecule has 0 spiro atoms. The van der Waals surface area contributed by atoms with Crippen molar-refractivity contribution in [3.05, 3.63) is 47.8 Å². The van der Waals surface area contributed by atoms with Crippen LogP contribution in [0.15, 0.2) is 36.7 Å². The van der Waals surface area contributed by atoms with Crippen LogP contribution >= 0.6 is 0 Å². The Balaban J connectivity index is 1.38. The Kier molecular flexibility index (Phi) is 4.05. The van der Waals surface area contributed by atoms with Crippen LogP contribution in [0.4, 0.5) is 11.6 Å². The molecule has 7 nitrogen and oxygen atoms in total. The minimum atomic E-state index is -0.233. The minimum absolute atomic E-state index is 0.233. The van der Waals surface area contributed by atoms with Crippen molar-refractivity contribution in [3.8, 4) is 0 Å². The molecule has 1 aromatic carbocycles. The van der Waals surface area contributed by atoms with Gasteiger partial charge in [-0.1, -0.05) is 12.1 Å². The first-order valence-corrected chi connectivity index (χ1v) is 8.50. The van der Waals surface area contributed by atoms with Crippen molar-refractivity contribution in [3.63, 3.8) is 0 Å². The lowest BCUT2D eigenvalue weighted by Crippen LogP contribution is -2.34. The van der Waals surface area contributed by atoms with Crippen LogP contribution in [0.25, 0.3) is 0 Å². The maximum atomic E-state index is 12.3. The number of amides is 2. The second kappa shape index (κ2) is 6.51. The summed E-state index contributed by atoms with van der Waals surface area (Å²) >= 11 is 0. The van der Waals surface area contributed by atoms with Crippen LogP contribution in [0, 0.1) is 0 Å². The van der Waals surface area contributed by atoms with E-state index in [9.17, 15) is 9.59 Å². The number of benzene rings is 1. The Morgan fingerprint density at radius 3 is 2.36 bits per heavy atom. The lowest BCUT2D eigenvalue weighted by atomic mass is 10.1. The molecule has 25 heavy (non-hydrogen) atoms. The average Bonchev–Trinajstić information content (AvgIpc) is 3.26. The summed E-state index contributed by atoms with van der Waals surface area (Å²) in [5.74, 6) is 1.15. The van der Waals surface area contributed by atoms with E-state index < -0.39 is 0 Å². The summed E-state index contributed by atoms with van der Waals surface area (Å²) in [6, 6.07) is 8.83. The number of nitrogens with one attached hydrogen (secondary N) is 1. The molecule has 7 heteroatoms. The quantitative estimate of drug-likeness (QED) is 0.838. The van der Waals surface area contributed by atoms with Crippen LogP contribution in [-0.2, 0) is 0 Å². The van der Waals surface area contributed by atoms with E-state index in [1.165, 1.54) is 24.1 Å². The topological polar surface area (TPSA) is 78.4 Å². The molecule has 0 unspecified atom stereocenters. The molecule has 0 saturated carbocycles. The van der Waals surface area contributed by atoms with Gasteiger partial charge in [0.25, 0.3) is 11.8 Å². The zero-order chi connectivity index (χ0) is 17.2. The van der Waals surface area contributed by atoms with Crippen molar-refractivity contribution in [2.24, 2.45) is 0 Å². The first kappa shape index (κ1) is 15.6. The molecule has 2 aliphatic rings. The number of carbonyl (C=O) groups excluding carboxylic acids is 2. The zero-order valence-corrected chi connectivity index (χ0v) is 13.8. The fourth-order valence-electron chi connectivity index (χ4n) is 3.30. The summed E-state index contributed by atoms with van der Waals surface area (Å²) < 4.78 is 0. The Bertz CT molecular complexity index is 782. The van der Waals surface area contributed by atoms with Crippen LogP contribution in [0.1, 0.15) is 33.6 Å². The molecule has 2 amide bonds. The number of aromatic nitrogens is 2. The number of hydrogen-bond donors (Lipinski definition) is 1. The standard InChI is InChI=1S/C18H19N5O2/c24-17-13-5-1-2-6-14(13)18(25)23(17)10-7-19-15-11-16(21-12-20-15)22-8-3-4-9-22/h1-2,5-6,11-12H,3-4,7-10H2,(H,19,20,21).